The highest BCUT2D eigenvalue weighted by Crippen LogP contribution is 2.03. The second kappa shape index (κ2) is 5.36. The molecule has 0 aliphatic heterocycles. The smallest absolute Gasteiger partial charge is 0.320 e. The number of guanidine groups is 1. The minimum Gasteiger partial charge on any atom is -0.480 e. The summed E-state index contributed by atoms with van der Waals surface area (Å²) in [4.78, 5) is 14.2. The molecule has 0 aromatic rings. The summed E-state index contributed by atoms with van der Waals surface area (Å²) in [6.07, 6.45) is 0.929. The molecule has 0 spiro atoms. The third-order valence-corrected chi connectivity index (χ3v) is 1.58. The van der Waals surface area contributed by atoms with E-state index in [1.165, 1.54) is 0 Å². The number of nitrogens with two attached hydrogens (primary N) is 3. The van der Waals surface area contributed by atoms with Crippen LogP contribution >= 0.6 is 0 Å². The van der Waals surface area contributed by atoms with E-state index in [1.54, 1.807) is 6.92 Å². The van der Waals surface area contributed by atoms with Gasteiger partial charge in [0.05, 0.1) is 6.04 Å². The maximum Gasteiger partial charge on any atom is 0.320 e. The largest absolute Gasteiger partial charge is 0.480 e. The van der Waals surface area contributed by atoms with Crippen molar-refractivity contribution in [2.24, 2.45) is 22.2 Å². The first-order valence-corrected chi connectivity index (χ1v) is 4.00. The van der Waals surface area contributed by atoms with Crippen LogP contribution in [0.4, 0.5) is 0 Å². The summed E-state index contributed by atoms with van der Waals surface area (Å²) >= 11 is 0. The molecular weight excluding hydrogens is 172 g/mol. The Morgan fingerprint density at radius 3 is 2.38 bits per heavy atom. The highest BCUT2D eigenvalue weighted by molar-refractivity contribution is 5.75. The molecule has 0 heterocycles. The monoisotopic (exact) mass is 188 g/mol. The van der Waals surface area contributed by atoms with Crippen molar-refractivity contribution >= 4 is 11.9 Å². The number of aliphatic carboxylic acids is 1. The van der Waals surface area contributed by atoms with E-state index in [0.717, 1.165) is 0 Å². The highest BCUT2D eigenvalue weighted by atomic mass is 16.4. The van der Waals surface area contributed by atoms with E-state index in [-0.39, 0.29) is 12.0 Å². The lowest BCUT2D eigenvalue weighted by atomic mass is 10.1. The molecular formula is C7H16N4O2. The average Bonchev–Trinajstić information content (AvgIpc) is 1.98. The zero-order chi connectivity index (χ0) is 10.4. The standard InChI is InChI=1S/C7H16N4O2/c1-4(11-7(9)10)2-3-5(8)6(12)13/h4-5H,2-3,8H2,1H3,(H,12,13)(H4,9,10,11)/t4-,5+/m1/s1. The Morgan fingerprint density at radius 1 is 1.46 bits per heavy atom. The Bertz CT molecular complexity index is 201. The van der Waals surface area contributed by atoms with Crippen molar-refractivity contribution in [1.29, 1.82) is 0 Å². The molecule has 6 heteroatoms. The van der Waals surface area contributed by atoms with Crippen LogP contribution < -0.4 is 17.2 Å². The third-order valence-electron chi connectivity index (χ3n) is 1.58. The van der Waals surface area contributed by atoms with E-state index in [9.17, 15) is 4.79 Å². The molecule has 0 saturated carbocycles. The molecule has 7 N–H and O–H groups in total. The zero-order valence-electron chi connectivity index (χ0n) is 7.60. The molecule has 0 bridgehead atoms. The summed E-state index contributed by atoms with van der Waals surface area (Å²) in [6.45, 7) is 1.80. The van der Waals surface area contributed by atoms with Crippen molar-refractivity contribution in [1.82, 2.24) is 0 Å². The Balaban J connectivity index is 3.76. The normalized spacial score (nSPS) is 14.6. The van der Waals surface area contributed by atoms with Crippen LogP contribution in [0.2, 0.25) is 0 Å². The quantitative estimate of drug-likeness (QED) is 0.319. The van der Waals surface area contributed by atoms with Crippen molar-refractivity contribution < 1.29 is 9.90 Å². The first kappa shape index (κ1) is 11.7. The lowest BCUT2D eigenvalue weighted by Gasteiger charge is -2.09. The van der Waals surface area contributed by atoms with Crippen LogP contribution in [0.5, 0.6) is 0 Å². The van der Waals surface area contributed by atoms with Gasteiger partial charge in [0.25, 0.3) is 0 Å². The fraction of sp³-hybridized carbons (Fsp3) is 0.714. The molecule has 6 nitrogen and oxygen atoms in total. The SMILES string of the molecule is C[C@H](CC[C@H](N)C(=O)O)N=C(N)N. The molecule has 76 valence electrons. The number of carboxylic acids is 1. The summed E-state index contributed by atoms with van der Waals surface area (Å²) in [5.41, 5.74) is 15.6. The van der Waals surface area contributed by atoms with Crippen LogP contribution in [0.25, 0.3) is 0 Å². The maximum atomic E-state index is 10.3. The van der Waals surface area contributed by atoms with Crippen LogP contribution in [-0.2, 0) is 4.79 Å². The van der Waals surface area contributed by atoms with Gasteiger partial charge in [0.1, 0.15) is 6.04 Å². The van der Waals surface area contributed by atoms with E-state index in [4.69, 9.17) is 22.3 Å². The van der Waals surface area contributed by atoms with Crippen molar-refractivity contribution in [3.63, 3.8) is 0 Å². The maximum absolute atomic E-state index is 10.3. The van der Waals surface area contributed by atoms with Gasteiger partial charge in [-0.25, -0.2) is 0 Å². The molecule has 0 unspecified atom stereocenters. The third kappa shape index (κ3) is 5.92. The van der Waals surface area contributed by atoms with Gasteiger partial charge >= 0.3 is 5.97 Å². The van der Waals surface area contributed by atoms with Gasteiger partial charge in [-0.1, -0.05) is 0 Å². The minimum absolute atomic E-state index is 0.0106. The summed E-state index contributed by atoms with van der Waals surface area (Å²) < 4.78 is 0. The van der Waals surface area contributed by atoms with E-state index in [0.29, 0.717) is 12.8 Å². The van der Waals surface area contributed by atoms with E-state index < -0.39 is 12.0 Å². The summed E-state index contributed by atoms with van der Waals surface area (Å²) in [6, 6.07) is -0.924. The van der Waals surface area contributed by atoms with Crippen molar-refractivity contribution in [2.75, 3.05) is 0 Å². The topological polar surface area (TPSA) is 128 Å². The average molecular weight is 188 g/mol. The Hall–Kier alpha value is -1.30. The van der Waals surface area contributed by atoms with Crippen molar-refractivity contribution in [2.45, 2.75) is 31.8 Å². The highest BCUT2D eigenvalue weighted by Gasteiger charge is 2.12. The Morgan fingerprint density at radius 2 is 2.00 bits per heavy atom. The number of hydrogen-bond donors (Lipinski definition) is 4. The molecule has 0 fully saturated rings. The van der Waals surface area contributed by atoms with Crippen LogP contribution in [0.15, 0.2) is 4.99 Å². The molecule has 0 aromatic carbocycles. The fourth-order valence-corrected chi connectivity index (χ4v) is 0.863. The summed E-state index contributed by atoms with van der Waals surface area (Å²) in [5.74, 6) is -0.992. The number of rotatable bonds is 5. The van der Waals surface area contributed by atoms with Gasteiger partial charge < -0.3 is 22.3 Å². The van der Waals surface area contributed by atoms with Crippen LogP contribution in [0.3, 0.4) is 0 Å². The molecule has 0 aliphatic rings. The molecule has 0 aliphatic carbocycles. The second-order valence-corrected chi connectivity index (χ2v) is 2.93. The number of carbonyl (C=O) groups is 1. The molecule has 2 atom stereocenters. The predicted octanol–water partition coefficient (Wildman–Crippen LogP) is -1.16. The summed E-state index contributed by atoms with van der Waals surface area (Å²) in [5, 5.41) is 8.47. The first-order chi connectivity index (χ1) is 5.93. The number of carboxylic acid groups (broad SMARTS) is 1. The second-order valence-electron chi connectivity index (χ2n) is 2.93. The minimum atomic E-state index is -1.00. The van der Waals surface area contributed by atoms with Gasteiger partial charge in [-0.2, -0.15) is 0 Å². The molecule has 0 aromatic heterocycles. The van der Waals surface area contributed by atoms with E-state index in [1.807, 2.05) is 0 Å². The lowest BCUT2D eigenvalue weighted by Crippen LogP contribution is -2.31. The van der Waals surface area contributed by atoms with Crippen molar-refractivity contribution in [3.05, 3.63) is 0 Å². The first-order valence-electron chi connectivity index (χ1n) is 4.00. The molecule has 0 saturated heterocycles. The van der Waals surface area contributed by atoms with Gasteiger partial charge in [0.2, 0.25) is 0 Å². The number of nitrogens with zero attached hydrogens (tertiary/aromatic N) is 1. The van der Waals surface area contributed by atoms with Gasteiger partial charge in [0, 0.05) is 0 Å². The lowest BCUT2D eigenvalue weighted by molar-refractivity contribution is -0.138. The summed E-state index contributed by atoms with van der Waals surface area (Å²) in [7, 11) is 0. The predicted molar refractivity (Wildman–Crippen MR) is 50.1 cm³/mol. The molecule has 0 radical (unpaired) electrons. The zero-order valence-corrected chi connectivity index (χ0v) is 7.60. The molecule has 13 heavy (non-hydrogen) atoms. The van der Waals surface area contributed by atoms with Crippen LogP contribution in [0, 0.1) is 0 Å². The number of hydrogen-bond acceptors (Lipinski definition) is 3. The Kier molecular flexibility index (Phi) is 4.83. The van der Waals surface area contributed by atoms with Gasteiger partial charge in [0.15, 0.2) is 5.96 Å². The van der Waals surface area contributed by atoms with Gasteiger partial charge in [-0.05, 0) is 19.8 Å². The fourth-order valence-electron chi connectivity index (χ4n) is 0.863. The van der Waals surface area contributed by atoms with E-state index in [2.05, 4.69) is 4.99 Å². The van der Waals surface area contributed by atoms with Crippen LogP contribution in [0.1, 0.15) is 19.8 Å². The van der Waals surface area contributed by atoms with E-state index >= 15 is 0 Å². The van der Waals surface area contributed by atoms with Gasteiger partial charge in [-0.3, -0.25) is 9.79 Å². The Labute approximate surface area is 76.8 Å². The van der Waals surface area contributed by atoms with Crippen LogP contribution in [-0.4, -0.2) is 29.1 Å². The van der Waals surface area contributed by atoms with Crippen molar-refractivity contribution in [3.8, 4) is 0 Å². The van der Waals surface area contributed by atoms with Gasteiger partial charge in [-0.15, -0.1) is 0 Å². The number of aliphatic imine (C=N–C) groups is 1. The molecule has 0 amide bonds. The molecule has 0 rings (SSSR count).